The fourth-order valence-corrected chi connectivity index (χ4v) is 2.60. The van der Waals surface area contributed by atoms with E-state index in [1.54, 1.807) is 5.57 Å². The van der Waals surface area contributed by atoms with E-state index < -0.39 is 0 Å². The topological polar surface area (TPSA) is 18.5 Å². The average molecular weight is 223 g/mol. The van der Waals surface area contributed by atoms with E-state index in [4.69, 9.17) is 0 Å². The van der Waals surface area contributed by atoms with Gasteiger partial charge < -0.3 is 5.32 Å². The van der Waals surface area contributed by atoms with Crippen molar-refractivity contribution in [1.29, 1.82) is 0 Å². The van der Waals surface area contributed by atoms with E-state index in [2.05, 4.69) is 48.9 Å². The Hall–Kier alpha value is -0.380. The highest BCUT2D eigenvalue weighted by molar-refractivity contribution is 5.24. The lowest BCUT2D eigenvalue weighted by Gasteiger charge is -2.37. The SMILES string of the molecule is CC(C)N1CC=C(C(C)(C)N2CCNC2)C1. The fraction of sp³-hybridized carbons (Fsp3) is 0.846. The summed E-state index contributed by atoms with van der Waals surface area (Å²) in [5.41, 5.74) is 1.80. The summed E-state index contributed by atoms with van der Waals surface area (Å²) < 4.78 is 0. The summed E-state index contributed by atoms with van der Waals surface area (Å²) in [4.78, 5) is 5.07. The molecule has 0 aromatic rings. The number of hydrogen-bond donors (Lipinski definition) is 1. The van der Waals surface area contributed by atoms with Gasteiger partial charge in [-0.15, -0.1) is 0 Å². The Kier molecular flexibility index (Phi) is 3.38. The molecule has 0 amide bonds. The molecule has 0 aromatic carbocycles. The van der Waals surface area contributed by atoms with Gasteiger partial charge in [-0.3, -0.25) is 9.80 Å². The zero-order valence-corrected chi connectivity index (χ0v) is 11.1. The zero-order chi connectivity index (χ0) is 11.8. The minimum atomic E-state index is 0.215. The van der Waals surface area contributed by atoms with Gasteiger partial charge >= 0.3 is 0 Å². The molecule has 1 N–H and O–H groups in total. The predicted molar refractivity (Wildman–Crippen MR) is 68.4 cm³/mol. The van der Waals surface area contributed by atoms with Crippen molar-refractivity contribution in [1.82, 2.24) is 15.1 Å². The van der Waals surface area contributed by atoms with Crippen LogP contribution < -0.4 is 5.32 Å². The largest absolute Gasteiger partial charge is 0.303 e. The molecular formula is C13H25N3. The van der Waals surface area contributed by atoms with Crippen LogP contribution in [0.3, 0.4) is 0 Å². The van der Waals surface area contributed by atoms with Gasteiger partial charge in [0, 0.05) is 44.4 Å². The molecule has 0 aliphatic carbocycles. The minimum absolute atomic E-state index is 0.215. The average Bonchev–Trinajstić information content (AvgIpc) is 2.90. The molecule has 92 valence electrons. The zero-order valence-electron chi connectivity index (χ0n) is 11.1. The van der Waals surface area contributed by atoms with Crippen molar-refractivity contribution in [3.63, 3.8) is 0 Å². The first-order chi connectivity index (χ1) is 7.51. The van der Waals surface area contributed by atoms with Crippen LogP contribution in [0.15, 0.2) is 11.6 Å². The molecule has 2 rings (SSSR count). The molecule has 0 aromatic heterocycles. The van der Waals surface area contributed by atoms with E-state index >= 15 is 0 Å². The van der Waals surface area contributed by atoms with Crippen LogP contribution in [0.1, 0.15) is 27.7 Å². The number of hydrogen-bond acceptors (Lipinski definition) is 3. The highest BCUT2D eigenvalue weighted by Gasteiger charge is 2.35. The van der Waals surface area contributed by atoms with E-state index in [1.807, 2.05) is 0 Å². The molecular weight excluding hydrogens is 198 g/mol. The summed E-state index contributed by atoms with van der Waals surface area (Å²) in [6, 6.07) is 0.654. The van der Waals surface area contributed by atoms with Crippen LogP contribution in [0.2, 0.25) is 0 Å². The van der Waals surface area contributed by atoms with Crippen molar-refractivity contribution in [3.05, 3.63) is 11.6 Å². The quantitative estimate of drug-likeness (QED) is 0.727. The van der Waals surface area contributed by atoms with Crippen LogP contribution in [-0.2, 0) is 0 Å². The van der Waals surface area contributed by atoms with Gasteiger partial charge in [0.05, 0.1) is 0 Å². The lowest BCUT2D eigenvalue weighted by molar-refractivity contribution is 0.177. The van der Waals surface area contributed by atoms with Crippen LogP contribution in [-0.4, -0.2) is 54.2 Å². The van der Waals surface area contributed by atoms with E-state index in [9.17, 15) is 0 Å². The second-order valence-electron chi connectivity index (χ2n) is 5.73. The normalized spacial score (nSPS) is 24.4. The molecule has 0 bridgehead atoms. The van der Waals surface area contributed by atoms with Gasteiger partial charge in [-0.05, 0) is 33.3 Å². The molecule has 2 aliphatic heterocycles. The highest BCUT2D eigenvalue weighted by Crippen LogP contribution is 2.29. The Labute approximate surface area is 99.5 Å². The van der Waals surface area contributed by atoms with E-state index in [-0.39, 0.29) is 5.54 Å². The first-order valence-corrected chi connectivity index (χ1v) is 6.41. The van der Waals surface area contributed by atoms with Crippen molar-refractivity contribution < 1.29 is 0 Å². The monoisotopic (exact) mass is 223 g/mol. The van der Waals surface area contributed by atoms with Crippen LogP contribution in [0.4, 0.5) is 0 Å². The Morgan fingerprint density at radius 1 is 1.38 bits per heavy atom. The molecule has 16 heavy (non-hydrogen) atoms. The maximum atomic E-state index is 3.42. The van der Waals surface area contributed by atoms with Crippen LogP contribution in [0.25, 0.3) is 0 Å². The summed E-state index contributed by atoms with van der Waals surface area (Å²) in [5, 5.41) is 3.42. The standard InChI is InChI=1S/C13H25N3/c1-11(2)15-7-5-12(9-15)13(3,4)16-8-6-14-10-16/h5,11,14H,6-10H2,1-4H3. The van der Waals surface area contributed by atoms with Crippen LogP contribution >= 0.6 is 0 Å². The smallest absolute Gasteiger partial charge is 0.0489 e. The van der Waals surface area contributed by atoms with Crippen molar-refractivity contribution >= 4 is 0 Å². The van der Waals surface area contributed by atoms with Gasteiger partial charge in [0.2, 0.25) is 0 Å². The predicted octanol–water partition coefficient (Wildman–Crippen LogP) is 1.28. The number of rotatable bonds is 3. The molecule has 0 unspecified atom stereocenters. The maximum absolute atomic E-state index is 3.42. The maximum Gasteiger partial charge on any atom is 0.0489 e. The first kappa shape index (κ1) is 12.1. The number of nitrogens with one attached hydrogen (secondary N) is 1. The third-order valence-corrected chi connectivity index (χ3v) is 4.11. The summed E-state index contributed by atoms with van der Waals surface area (Å²) in [6.07, 6.45) is 2.43. The van der Waals surface area contributed by atoms with Gasteiger partial charge in [0.1, 0.15) is 0 Å². The van der Waals surface area contributed by atoms with Crippen molar-refractivity contribution in [2.24, 2.45) is 0 Å². The fourth-order valence-electron chi connectivity index (χ4n) is 2.60. The molecule has 1 fully saturated rings. The highest BCUT2D eigenvalue weighted by atomic mass is 15.3. The Morgan fingerprint density at radius 3 is 2.62 bits per heavy atom. The van der Waals surface area contributed by atoms with Crippen molar-refractivity contribution in [2.45, 2.75) is 39.3 Å². The molecule has 3 nitrogen and oxygen atoms in total. The molecule has 0 saturated carbocycles. The third kappa shape index (κ3) is 2.17. The first-order valence-electron chi connectivity index (χ1n) is 6.41. The summed E-state index contributed by atoms with van der Waals surface area (Å²) >= 11 is 0. The second kappa shape index (κ2) is 4.47. The van der Waals surface area contributed by atoms with E-state index in [1.165, 1.54) is 6.54 Å². The van der Waals surface area contributed by atoms with Crippen LogP contribution in [0, 0.1) is 0 Å². The minimum Gasteiger partial charge on any atom is -0.303 e. The molecule has 2 aliphatic rings. The van der Waals surface area contributed by atoms with Crippen LogP contribution in [0.5, 0.6) is 0 Å². The number of nitrogens with zero attached hydrogens (tertiary/aromatic N) is 2. The lowest BCUT2D eigenvalue weighted by atomic mass is 9.93. The van der Waals surface area contributed by atoms with E-state index in [0.717, 1.165) is 26.3 Å². The van der Waals surface area contributed by atoms with Crippen molar-refractivity contribution in [2.75, 3.05) is 32.8 Å². The molecule has 0 radical (unpaired) electrons. The summed E-state index contributed by atoms with van der Waals surface area (Å²) in [5.74, 6) is 0. The van der Waals surface area contributed by atoms with Gasteiger partial charge in [-0.1, -0.05) is 6.08 Å². The van der Waals surface area contributed by atoms with E-state index in [0.29, 0.717) is 6.04 Å². The molecule has 2 heterocycles. The molecule has 1 saturated heterocycles. The molecule has 3 heteroatoms. The Bertz CT molecular complexity index is 275. The Balaban J connectivity index is 2.02. The third-order valence-electron chi connectivity index (χ3n) is 4.11. The van der Waals surface area contributed by atoms with Gasteiger partial charge in [0.15, 0.2) is 0 Å². The summed E-state index contributed by atoms with van der Waals surface area (Å²) in [6.45, 7) is 14.9. The van der Waals surface area contributed by atoms with Gasteiger partial charge in [0.25, 0.3) is 0 Å². The lowest BCUT2D eigenvalue weighted by Crippen LogP contribution is -2.46. The van der Waals surface area contributed by atoms with Gasteiger partial charge in [-0.25, -0.2) is 0 Å². The Morgan fingerprint density at radius 2 is 2.12 bits per heavy atom. The summed E-state index contributed by atoms with van der Waals surface area (Å²) in [7, 11) is 0. The second-order valence-corrected chi connectivity index (χ2v) is 5.73. The van der Waals surface area contributed by atoms with Crippen molar-refractivity contribution in [3.8, 4) is 0 Å². The molecule has 0 atom stereocenters. The van der Waals surface area contributed by atoms with Gasteiger partial charge in [-0.2, -0.15) is 0 Å². The molecule has 0 spiro atoms.